The van der Waals surface area contributed by atoms with Crippen molar-refractivity contribution in [1.82, 2.24) is 4.90 Å². The normalized spacial score (nSPS) is 17.4. The second-order valence-electron chi connectivity index (χ2n) is 4.78. The molecule has 0 heterocycles. The molecule has 1 saturated carbocycles. The lowest BCUT2D eigenvalue weighted by Crippen LogP contribution is -2.43. The summed E-state index contributed by atoms with van der Waals surface area (Å²) in [5.74, 6) is 1.37. The minimum Gasteiger partial charge on any atom is -0.380 e. The summed E-state index contributed by atoms with van der Waals surface area (Å²) in [4.78, 5) is 2.48. The van der Waals surface area contributed by atoms with Gasteiger partial charge in [-0.3, -0.25) is 4.90 Å². The molecule has 1 aliphatic carbocycles. The van der Waals surface area contributed by atoms with Crippen molar-refractivity contribution < 1.29 is 4.74 Å². The van der Waals surface area contributed by atoms with Crippen LogP contribution in [-0.4, -0.2) is 43.1 Å². The molecule has 0 amide bonds. The highest BCUT2D eigenvalue weighted by Crippen LogP contribution is 2.24. The van der Waals surface area contributed by atoms with Gasteiger partial charge < -0.3 is 4.74 Å². The van der Waals surface area contributed by atoms with Crippen LogP contribution in [0.1, 0.15) is 33.1 Å². The van der Waals surface area contributed by atoms with E-state index in [-0.39, 0.29) is 0 Å². The van der Waals surface area contributed by atoms with Gasteiger partial charge in [0.2, 0.25) is 0 Å². The van der Waals surface area contributed by atoms with Crippen molar-refractivity contribution in [2.24, 2.45) is 5.92 Å². The fourth-order valence-electron chi connectivity index (χ4n) is 1.84. The standard InChI is InChI=1S/C12H24ClNO/c1-11(2)10-15-9-8-14(7-6-13)12-4-3-5-12/h11-12H,3-10H2,1-2H3. The third-order valence-corrected chi connectivity index (χ3v) is 3.11. The first-order valence-electron chi connectivity index (χ1n) is 6.11. The van der Waals surface area contributed by atoms with Gasteiger partial charge in [-0.1, -0.05) is 20.3 Å². The zero-order chi connectivity index (χ0) is 11.1. The molecular weight excluding hydrogens is 210 g/mol. The van der Waals surface area contributed by atoms with Gasteiger partial charge in [-0.2, -0.15) is 0 Å². The molecule has 0 saturated heterocycles. The van der Waals surface area contributed by atoms with Gasteiger partial charge in [0.1, 0.15) is 0 Å². The molecule has 0 aromatic rings. The molecule has 0 radical (unpaired) electrons. The summed E-state index contributed by atoms with van der Waals surface area (Å²) in [5, 5.41) is 0. The quantitative estimate of drug-likeness (QED) is 0.472. The Kier molecular flexibility index (Phi) is 6.62. The second kappa shape index (κ2) is 7.48. The number of nitrogens with zero attached hydrogens (tertiary/aromatic N) is 1. The molecular formula is C12H24ClNO. The van der Waals surface area contributed by atoms with Crippen molar-refractivity contribution in [3.63, 3.8) is 0 Å². The molecule has 1 aliphatic rings. The first-order valence-corrected chi connectivity index (χ1v) is 6.65. The Morgan fingerprint density at radius 3 is 2.53 bits per heavy atom. The van der Waals surface area contributed by atoms with Crippen LogP contribution in [-0.2, 0) is 4.74 Å². The van der Waals surface area contributed by atoms with Crippen molar-refractivity contribution in [1.29, 1.82) is 0 Å². The van der Waals surface area contributed by atoms with Gasteiger partial charge >= 0.3 is 0 Å². The zero-order valence-corrected chi connectivity index (χ0v) is 10.8. The maximum atomic E-state index is 5.80. The largest absolute Gasteiger partial charge is 0.380 e. The van der Waals surface area contributed by atoms with Gasteiger partial charge in [-0.15, -0.1) is 11.6 Å². The molecule has 3 heteroatoms. The van der Waals surface area contributed by atoms with Crippen molar-refractivity contribution >= 4 is 11.6 Å². The van der Waals surface area contributed by atoms with E-state index in [1.807, 2.05) is 0 Å². The van der Waals surface area contributed by atoms with Gasteiger partial charge in [-0.05, 0) is 18.8 Å². The van der Waals surface area contributed by atoms with Crippen molar-refractivity contribution in [2.45, 2.75) is 39.2 Å². The van der Waals surface area contributed by atoms with E-state index in [2.05, 4.69) is 18.7 Å². The first kappa shape index (κ1) is 13.3. The summed E-state index contributed by atoms with van der Waals surface area (Å²) < 4.78 is 5.61. The van der Waals surface area contributed by atoms with Gasteiger partial charge in [-0.25, -0.2) is 0 Å². The SMILES string of the molecule is CC(C)COCCN(CCCl)C1CCC1. The van der Waals surface area contributed by atoms with E-state index in [0.29, 0.717) is 5.92 Å². The molecule has 0 aromatic heterocycles. The maximum Gasteiger partial charge on any atom is 0.0593 e. The lowest BCUT2D eigenvalue weighted by molar-refractivity contribution is 0.0573. The summed E-state index contributed by atoms with van der Waals surface area (Å²) >= 11 is 5.80. The summed E-state index contributed by atoms with van der Waals surface area (Å²) in [6.45, 7) is 8.15. The lowest BCUT2D eigenvalue weighted by Gasteiger charge is -2.37. The number of hydrogen-bond donors (Lipinski definition) is 0. The molecule has 90 valence electrons. The highest BCUT2D eigenvalue weighted by molar-refractivity contribution is 6.18. The number of hydrogen-bond acceptors (Lipinski definition) is 2. The average Bonchev–Trinajstić information content (AvgIpc) is 2.09. The Morgan fingerprint density at radius 1 is 1.33 bits per heavy atom. The summed E-state index contributed by atoms with van der Waals surface area (Å²) in [5.41, 5.74) is 0. The van der Waals surface area contributed by atoms with Crippen LogP contribution in [0, 0.1) is 5.92 Å². The Hall–Kier alpha value is 0.210. The van der Waals surface area contributed by atoms with Crippen LogP contribution in [0.4, 0.5) is 0 Å². The van der Waals surface area contributed by atoms with E-state index in [9.17, 15) is 0 Å². The number of halogens is 1. The van der Waals surface area contributed by atoms with E-state index in [0.717, 1.165) is 38.2 Å². The molecule has 0 aromatic carbocycles. The van der Waals surface area contributed by atoms with E-state index in [1.54, 1.807) is 0 Å². The van der Waals surface area contributed by atoms with Crippen LogP contribution in [0.3, 0.4) is 0 Å². The lowest BCUT2D eigenvalue weighted by atomic mass is 9.91. The molecule has 0 bridgehead atoms. The predicted octanol–water partition coefficient (Wildman–Crippen LogP) is 2.75. The van der Waals surface area contributed by atoms with E-state index < -0.39 is 0 Å². The third kappa shape index (κ3) is 5.19. The van der Waals surface area contributed by atoms with Gasteiger partial charge in [0.25, 0.3) is 0 Å². The van der Waals surface area contributed by atoms with Gasteiger partial charge in [0.15, 0.2) is 0 Å². The molecule has 0 aliphatic heterocycles. The minimum absolute atomic E-state index is 0.634. The highest BCUT2D eigenvalue weighted by Gasteiger charge is 2.23. The minimum atomic E-state index is 0.634. The molecule has 0 unspecified atom stereocenters. The van der Waals surface area contributed by atoms with Crippen LogP contribution < -0.4 is 0 Å². The van der Waals surface area contributed by atoms with Crippen LogP contribution in [0.25, 0.3) is 0 Å². The summed E-state index contributed by atoms with van der Waals surface area (Å²) in [6, 6.07) is 0.784. The van der Waals surface area contributed by atoms with Gasteiger partial charge in [0, 0.05) is 31.6 Å². The first-order chi connectivity index (χ1) is 7.24. The van der Waals surface area contributed by atoms with E-state index >= 15 is 0 Å². The van der Waals surface area contributed by atoms with Crippen LogP contribution in [0.2, 0.25) is 0 Å². The van der Waals surface area contributed by atoms with E-state index in [4.69, 9.17) is 16.3 Å². The third-order valence-electron chi connectivity index (χ3n) is 2.94. The summed E-state index contributed by atoms with van der Waals surface area (Å²) in [7, 11) is 0. The van der Waals surface area contributed by atoms with Gasteiger partial charge in [0.05, 0.1) is 6.61 Å². The maximum absolute atomic E-state index is 5.80. The van der Waals surface area contributed by atoms with E-state index in [1.165, 1.54) is 19.3 Å². The summed E-state index contributed by atoms with van der Waals surface area (Å²) in [6.07, 6.45) is 4.08. The molecule has 0 spiro atoms. The highest BCUT2D eigenvalue weighted by atomic mass is 35.5. The fraction of sp³-hybridized carbons (Fsp3) is 1.00. The Bertz CT molecular complexity index is 160. The number of ether oxygens (including phenoxy) is 1. The Labute approximate surface area is 98.9 Å². The van der Waals surface area contributed by atoms with Crippen molar-refractivity contribution in [2.75, 3.05) is 32.2 Å². The molecule has 2 nitrogen and oxygen atoms in total. The average molecular weight is 234 g/mol. The smallest absolute Gasteiger partial charge is 0.0593 e. The topological polar surface area (TPSA) is 12.5 Å². The predicted molar refractivity (Wildman–Crippen MR) is 65.6 cm³/mol. The zero-order valence-electron chi connectivity index (χ0n) is 10.0. The van der Waals surface area contributed by atoms with Crippen LogP contribution in [0.5, 0.6) is 0 Å². The fourth-order valence-corrected chi connectivity index (χ4v) is 2.06. The molecule has 1 rings (SSSR count). The molecule has 1 fully saturated rings. The number of rotatable bonds is 8. The molecule has 0 N–H and O–H groups in total. The molecule has 15 heavy (non-hydrogen) atoms. The van der Waals surface area contributed by atoms with Crippen molar-refractivity contribution in [3.8, 4) is 0 Å². The van der Waals surface area contributed by atoms with Crippen LogP contribution in [0.15, 0.2) is 0 Å². The Balaban J connectivity index is 2.08. The Morgan fingerprint density at radius 2 is 2.07 bits per heavy atom. The van der Waals surface area contributed by atoms with Crippen molar-refractivity contribution in [3.05, 3.63) is 0 Å². The monoisotopic (exact) mass is 233 g/mol. The second-order valence-corrected chi connectivity index (χ2v) is 5.16. The molecule has 0 atom stereocenters. The number of alkyl halides is 1. The van der Waals surface area contributed by atoms with Crippen LogP contribution >= 0.6 is 11.6 Å².